The standard InChI is InChI=1S/C28H29F3N8O3/c1-3-42-21-12-16(27(41)34-23-13-22(28(29,30)31)37(2)36-23)5-8-19(21)26-35-25(20-14-33-10-11-39(20,26)32)17-4-6-18-7-9-24(40)38(18)15-17/h5,8,10-14,17-18H,3-4,6-7,9,15,32H2,1-2H3/p+1/t17-,18+,39?/m1/s1. The van der Waals surface area contributed by atoms with E-state index in [4.69, 9.17) is 15.6 Å². The maximum atomic E-state index is 13.2. The van der Waals surface area contributed by atoms with Gasteiger partial charge < -0.3 is 15.0 Å². The van der Waals surface area contributed by atoms with Crippen molar-refractivity contribution in [2.24, 2.45) is 28.8 Å². The molecule has 11 nitrogen and oxygen atoms in total. The van der Waals surface area contributed by atoms with Gasteiger partial charge in [0.05, 0.1) is 19.0 Å². The Bertz CT molecular complexity index is 1590. The number of amides is 2. The number of nitrogens with one attached hydrogen (secondary N) is 1. The topological polar surface area (TPSA) is 127 Å². The molecule has 0 radical (unpaired) electrons. The number of ether oxygens (including phenoxy) is 1. The van der Waals surface area contributed by atoms with Gasteiger partial charge in [0.15, 0.2) is 5.82 Å². The minimum atomic E-state index is -4.61. The highest BCUT2D eigenvalue weighted by Crippen LogP contribution is 2.41. The zero-order valence-corrected chi connectivity index (χ0v) is 23.1. The summed E-state index contributed by atoms with van der Waals surface area (Å²) in [6.07, 6.45) is 3.59. The Balaban J connectivity index is 1.32. The zero-order valence-electron chi connectivity index (χ0n) is 23.1. The molecule has 2 saturated heterocycles. The number of benzene rings is 1. The number of nitrogens with two attached hydrogens (primary N) is 1. The van der Waals surface area contributed by atoms with Crippen molar-refractivity contribution in [3.63, 3.8) is 0 Å². The van der Waals surface area contributed by atoms with Crippen molar-refractivity contribution in [3.8, 4) is 5.75 Å². The monoisotopic (exact) mass is 583 g/mol. The van der Waals surface area contributed by atoms with Crippen LogP contribution in [0.4, 0.5) is 19.0 Å². The van der Waals surface area contributed by atoms with Crippen LogP contribution in [0.15, 0.2) is 58.0 Å². The van der Waals surface area contributed by atoms with Crippen LogP contribution in [0.3, 0.4) is 0 Å². The van der Waals surface area contributed by atoms with E-state index in [2.05, 4.69) is 15.4 Å². The molecule has 2 fully saturated rings. The van der Waals surface area contributed by atoms with Gasteiger partial charge in [-0.25, -0.2) is 0 Å². The predicted molar refractivity (Wildman–Crippen MR) is 147 cm³/mol. The van der Waals surface area contributed by atoms with Crippen molar-refractivity contribution in [1.29, 1.82) is 0 Å². The summed E-state index contributed by atoms with van der Waals surface area (Å²) in [5, 5.41) is 6.18. The number of aryl methyl sites for hydroxylation is 1. The lowest BCUT2D eigenvalue weighted by Crippen LogP contribution is -2.53. The summed E-state index contributed by atoms with van der Waals surface area (Å²) in [6, 6.07) is 5.74. The molecule has 220 valence electrons. The number of carbonyl (C=O) groups is 2. The average molecular weight is 584 g/mol. The van der Waals surface area contributed by atoms with Gasteiger partial charge in [0.25, 0.3) is 11.7 Å². The number of allylic oxidation sites excluding steroid dienone is 1. The third-order valence-electron chi connectivity index (χ3n) is 8.12. The SMILES string of the molecule is CCOc1cc(C(=O)Nc2cc(C(F)(F)F)n(C)n2)ccc1C1=NC([C@@H]2CC[C@H]3CCC(=O)N3C2)=C2C=NC=C[N+]12N. The van der Waals surface area contributed by atoms with Gasteiger partial charge in [-0.05, 0) is 44.4 Å². The summed E-state index contributed by atoms with van der Waals surface area (Å²) < 4.78 is 45.8. The van der Waals surface area contributed by atoms with Crippen molar-refractivity contribution in [3.05, 3.63) is 64.9 Å². The number of halogens is 3. The quantitative estimate of drug-likeness (QED) is 0.396. The molecular weight excluding hydrogens is 553 g/mol. The largest absolute Gasteiger partial charge is 0.493 e. The van der Waals surface area contributed by atoms with Gasteiger partial charge in [-0.3, -0.25) is 19.3 Å². The highest BCUT2D eigenvalue weighted by atomic mass is 19.4. The molecule has 0 bridgehead atoms. The molecule has 5 heterocycles. The lowest BCUT2D eigenvalue weighted by atomic mass is 9.90. The normalized spacial score (nSPS) is 25.0. The second-order valence-electron chi connectivity index (χ2n) is 10.7. The Hall–Kier alpha value is -4.30. The van der Waals surface area contributed by atoms with Crippen LogP contribution >= 0.6 is 0 Å². The first kappa shape index (κ1) is 27.8. The molecule has 1 aromatic carbocycles. The number of rotatable bonds is 6. The minimum Gasteiger partial charge on any atom is -0.493 e. The second-order valence-corrected chi connectivity index (χ2v) is 10.7. The molecule has 1 aromatic heterocycles. The number of aromatic nitrogens is 2. The first-order valence-corrected chi connectivity index (χ1v) is 13.7. The average Bonchev–Trinajstić information content (AvgIpc) is 3.61. The van der Waals surface area contributed by atoms with E-state index >= 15 is 0 Å². The third-order valence-corrected chi connectivity index (χ3v) is 8.12. The Morgan fingerprint density at radius 1 is 1.24 bits per heavy atom. The van der Waals surface area contributed by atoms with Gasteiger partial charge >= 0.3 is 6.18 Å². The lowest BCUT2D eigenvalue weighted by molar-refractivity contribution is -0.750. The fourth-order valence-electron chi connectivity index (χ4n) is 6.08. The van der Waals surface area contributed by atoms with Gasteiger partial charge in [0.1, 0.15) is 28.9 Å². The van der Waals surface area contributed by atoms with Gasteiger partial charge in [0, 0.05) is 43.6 Å². The number of quaternary nitrogens is 1. The van der Waals surface area contributed by atoms with Crippen molar-refractivity contribution in [2.75, 3.05) is 18.5 Å². The summed E-state index contributed by atoms with van der Waals surface area (Å²) in [7, 11) is 1.15. The predicted octanol–water partition coefficient (Wildman–Crippen LogP) is 3.71. The maximum Gasteiger partial charge on any atom is 0.433 e. The highest BCUT2D eigenvalue weighted by molar-refractivity contribution is 6.07. The molecule has 0 saturated carbocycles. The second kappa shape index (κ2) is 10.2. The Labute approximate surface area is 239 Å². The van der Waals surface area contributed by atoms with Gasteiger partial charge in [0.2, 0.25) is 11.6 Å². The number of hydrogen-bond acceptors (Lipinski definition) is 7. The molecule has 1 unspecified atom stereocenters. The number of nitrogens with zero attached hydrogens (tertiary/aromatic N) is 6. The summed E-state index contributed by atoms with van der Waals surface area (Å²) in [6.45, 7) is 2.63. The summed E-state index contributed by atoms with van der Waals surface area (Å²) in [4.78, 5) is 36.8. The lowest BCUT2D eigenvalue weighted by Gasteiger charge is -2.35. The number of aliphatic imine (C=N–C) groups is 2. The van der Waals surface area contributed by atoms with E-state index in [1.54, 1.807) is 31.6 Å². The molecular formula is C28H30F3N8O3+. The van der Waals surface area contributed by atoms with E-state index in [0.717, 1.165) is 38.1 Å². The molecule has 3 atom stereocenters. The fourth-order valence-corrected chi connectivity index (χ4v) is 6.08. The van der Waals surface area contributed by atoms with Crippen LogP contribution in [0.5, 0.6) is 5.75 Å². The van der Waals surface area contributed by atoms with Crippen LogP contribution in [0, 0.1) is 5.92 Å². The Kier molecular flexibility index (Phi) is 6.77. The summed E-state index contributed by atoms with van der Waals surface area (Å²) in [5.74, 6) is 7.00. The summed E-state index contributed by atoms with van der Waals surface area (Å²) in [5.41, 5.74) is 1.17. The molecule has 14 heteroatoms. The number of piperidine rings is 1. The smallest absolute Gasteiger partial charge is 0.433 e. The van der Waals surface area contributed by atoms with Crippen LogP contribution in [-0.4, -0.2) is 62.3 Å². The maximum absolute atomic E-state index is 13.2. The third kappa shape index (κ3) is 4.69. The van der Waals surface area contributed by atoms with Crippen molar-refractivity contribution in [2.45, 2.75) is 44.8 Å². The number of amidine groups is 1. The number of carbonyl (C=O) groups excluding carboxylic acids is 2. The van der Waals surface area contributed by atoms with Crippen LogP contribution in [0.1, 0.15) is 54.2 Å². The molecule has 0 spiro atoms. The Morgan fingerprint density at radius 3 is 2.79 bits per heavy atom. The van der Waals surface area contributed by atoms with E-state index < -0.39 is 17.8 Å². The molecule has 42 heavy (non-hydrogen) atoms. The number of hydrogen-bond donors (Lipinski definition) is 2. The van der Waals surface area contributed by atoms with E-state index in [0.29, 0.717) is 40.5 Å². The van der Waals surface area contributed by atoms with Crippen LogP contribution in [0.2, 0.25) is 0 Å². The van der Waals surface area contributed by atoms with E-state index in [-0.39, 0.29) is 40.4 Å². The van der Waals surface area contributed by atoms with Crippen LogP contribution < -0.4 is 15.9 Å². The van der Waals surface area contributed by atoms with Gasteiger partial charge in [-0.15, -0.1) is 4.59 Å². The molecule has 3 N–H and O–H groups in total. The molecule has 0 aliphatic carbocycles. The van der Waals surface area contributed by atoms with Crippen LogP contribution in [0.25, 0.3) is 0 Å². The first-order valence-electron chi connectivity index (χ1n) is 13.7. The Morgan fingerprint density at radius 2 is 2.05 bits per heavy atom. The molecule has 6 rings (SSSR count). The minimum absolute atomic E-state index is 0.0182. The van der Waals surface area contributed by atoms with Gasteiger partial charge in [-0.2, -0.15) is 29.1 Å². The molecule has 4 aliphatic rings. The zero-order chi connectivity index (χ0) is 29.8. The highest BCUT2D eigenvalue weighted by Gasteiger charge is 2.48. The number of anilines is 1. The van der Waals surface area contributed by atoms with E-state index in [1.807, 2.05) is 4.90 Å². The molecule has 2 aromatic rings. The number of fused-ring (bicyclic) bond motifs is 2. The molecule has 2 amide bonds. The van der Waals surface area contributed by atoms with Crippen LogP contribution in [-0.2, 0) is 18.0 Å². The first-order chi connectivity index (χ1) is 20.0. The van der Waals surface area contributed by atoms with E-state index in [1.165, 1.54) is 12.1 Å². The van der Waals surface area contributed by atoms with Gasteiger partial charge in [-0.1, -0.05) is 0 Å². The van der Waals surface area contributed by atoms with Crippen molar-refractivity contribution >= 4 is 29.7 Å². The molecule has 4 aliphatic heterocycles. The van der Waals surface area contributed by atoms with Crippen molar-refractivity contribution in [1.82, 2.24) is 14.7 Å². The van der Waals surface area contributed by atoms with Crippen molar-refractivity contribution < 1.29 is 32.1 Å². The fraction of sp³-hybridized carbons (Fsp3) is 0.393. The summed E-state index contributed by atoms with van der Waals surface area (Å²) >= 11 is 0. The number of alkyl halides is 3. The van der Waals surface area contributed by atoms with E-state index in [9.17, 15) is 22.8 Å².